The van der Waals surface area contributed by atoms with E-state index in [2.05, 4.69) is 10.1 Å². The van der Waals surface area contributed by atoms with Gasteiger partial charge in [0.2, 0.25) is 5.91 Å². The summed E-state index contributed by atoms with van der Waals surface area (Å²) in [4.78, 5) is 22.2. The molecule has 0 aliphatic carbocycles. The van der Waals surface area contributed by atoms with Gasteiger partial charge in [0.05, 0.1) is 24.0 Å². The molecule has 1 unspecified atom stereocenters. The van der Waals surface area contributed by atoms with Gasteiger partial charge >= 0.3 is 5.97 Å². The van der Waals surface area contributed by atoms with Gasteiger partial charge in [-0.2, -0.15) is 0 Å². The Hall–Kier alpha value is -2.24. The molecule has 0 aliphatic rings. The van der Waals surface area contributed by atoms with Crippen LogP contribution in [-0.4, -0.2) is 25.0 Å². The first-order valence-electron chi connectivity index (χ1n) is 5.47. The zero-order chi connectivity index (χ0) is 13.7. The molecule has 1 amide bonds. The van der Waals surface area contributed by atoms with Crippen molar-refractivity contribution in [3.05, 3.63) is 23.8 Å². The molecule has 0 heterocycles. The van der Waals surface area contributed by atoms with Crippen LogP contribution in [-0.2, 0) is 9.53 Å². The lowest BCUT2D eigenvalue weighted by atomic mass is 10.1. The van der Waals surface area contributed by atoms with Crippen molar-refractivity contribution in [1.29, 1.82) is 0 Å². The summed E-state index contributed by atoms with van der Waals surface area (Å²) in [5.74, 6) is -0.906. The van der Waals surface area contributed by atoms with Crippen LogP contribution < -0.4 is 16.8 Å². The van der Waals surface area contributed by atoms with Gasteiger partial charge in [-0.3, -0.25) is 4.79 Å². The Morgan fingerprint density at radius 3 is 2.67 bits per heavy atom. The monoisotopic (exact) mass is 251 g/mol. The number of nitrogens with two attached hydrogens (primary N) is 2. The maximum absolute atomic E-state index is 11.4. The second-order valence-electron chi connectivity index (χ2n) is 3.97. The van der Waals surface area contributed by atoms with Gasteiger partial charge in [0.15, 0.2) is 0 Å². The highest BCUT2D eigenvalue weighted by Gasteiger charge is 2.14. The summed E-state index contributed by atoms with van der Waals surface area (Å²) < 4.78 is 4.62. The summed E-state index contributed by atoms with van der Waals surface area (Å²) in [6.07, 6.45) is 0.182. The summed E-state index contributed by atoms with van der Waals surface area (Å²) in [5.41, 5.74) is 12.1. The molecule has 1 aromatic rings. The third-order valence-corrected chi connectivity index (χ3v) is 2.42. The van der Waals surface area contributed by atoms with Crippen LogP contribution in [0.3, 0.4) is 0 Å². The summed E-state index contributed by atoms with van der Waals surface area (Å²) in [6, 6.07) is 4.81. The summed E-state index contributed by atoms with van der Waals surface area (Å²) in [7, 11) is 1.29. The lowest BCUT2D eigenvalue weighted by Gasteiger charge is -2.16. The minimum Gasteiger partial charge on any atom is -0.465 e. The number of nitrogens with one attached hydrogen (secondary N) is 1. The van der Waals surface area contributed by atoms with Crippen LogP contribution >= 0.6 is 0 Å². The Morgan fingerprint density at radius 1 is 1.44 bits per heavy atom. The molecule has 18 heavy (non-hydrogen) atoms. The van der Waals surface area contributed by atoms with Gasteiger partial charge in [-0.05, 0) is 19.1 Å². The van der Waals surface area contributed by atoms with Gasteiger partial charge in [-0.25, -0.2) is 4.79 Å². The number of carbonyl (C=O) groups excluding carboxylic acids is 2. The van der Waals surface area contributed by atoms with Crippen molar-refractivity contribution in [3.8, 4) is 0 Å². The number of anilines is 2. The lowest BCUT2D eigenvalue weighted by molar-refractivity contribution is -0.118. The fraction of sp³-hybridized carbons (Fsp3) is 0.333. The van der Waals surface area contributed by atoms with E-state index in [9.17, 15) is 9.59 Å². The molecule has 0 aromatic heterocycles. The molecule has 0 aliphatic heterocycles. The molecule has 6 heteroatoms. The van der Waals surface area contributed by atoms with E-state index < -0.39 is 11.9 Å². The van der Waals surface area contributed by atoms with Crippen LogP contribution in [0.4, 0.5) is 11.4 Å². The van der Waals surface area contributed by atoms with Crippen LogP contribution in [0.5, 0.6) is 0 Å². The molecule has 1 aromatic carbocycles. The average molecular weight is 251 g/mol. The van der Waals surface area contributed by atoms with Gasteiger partial charge in [0.1, 0.15) is 0 Å². The van der Waals surface area contributed by atoms with E-state index in [1.54, 1.807) is 25.1 Å². The Morgan fingerprint density at radius 2 is 2.11 bits per heavy atom. The highest BCUT2D eigenvalue weighted by Crippen LogP contribution is 2.24. The minimum absolute atomic E-state index is 0.169. The minimum atomic E-state index is -0.501. The SMILES string of the molecule is COC(=O)c1cccc(NC(C)CC(N)=O)c1N. The fourth-order valence-electron chi connectivity index (χ4n) is 1.60. The predicted molar refractivity (Wildman–Crippen MR) is 69.1 cm³/mol. The normalized spacial score (nSPS) is 11.7. The number of primary amides is 1. The first-order chi connectivity index (χ1) is 8.45. The molecule has 0 radical (unpaired) electrons. The number of esters is 1. The summed E-state index contributed by atoms with van der Waals surface area (Å²) in [6.45, 7) is 1.80. The quantitative estimate of drug-likeness (QED) is 0.528. The molecule has 0 spiro atoms. The third-order valence-electron chi connectivity index (χ3n) is 2.42. The second kappa shape index (κ2) is 5.90. The lowest BCUT2D eigenvalue weighted by Crippen LogP contribution is -2.24. The van der Waals surface area contributed by atoms with Gasteiger partial charge in [-0.1, -0.05) is 6.07 Å². The molecule has 1 atom stereocenters. The number of hydrogen-bond acceptors (Lipinski definition) is 5. The van der Waals surface area contributed by atoms with Gasteiger partial charge < -0.3 is 21.5 Å². The van der Waals surface area contributed by atoms with Crippen LogP contribution in [0.15, 0.2) is 18.2 Å². The van der Waals surface area contributed by atoms with E-state index in [4.69, 9.17) is 11.5 Å². The molecule has 6 nitrogen and oxygen atoms in total. The second-order valence-corrected chi connectivity index (χ2v) is 3.97. The Kier molecular flexibility index (Phi) is 4.53. The van der Waals surface area contributed by atoms with E-state index in [-0.39, 0.29) is 18.0 Å². The fourth-order valence-corrected chi connectivity index (χ4v) is 1.60. The standard InChI is InChI=1S/C12H17N3O3/c1-7(6-10(13)16)15-9-5-3-4-8(11(9)14)12(17)18-2/h3-5,7,15H,6,14H2,1-2H3,(H2,13,16). The number of nitrogen functional groups attached to an aromatic ring is 1. The Labute approximate surface area is 105 Å². The van der Waals surface area contributed by atoms with E-state index in [1.165, 1.54) is 7.11 Å². The Balaban J connectivity index is 2.90. The highest BCUT2D eigenvalue weighted by molar-refractivity contribution is 5.98. The topological polar surface area (TPSA) is 107 Å². The van der Waals surface area contributed by atoms with E-state index >= 15 is 0 Å². The molecule has 0 fully saturated rings. The number of rotatable bonds is 5. The van der Waals surface area contributed by atoms with E-state index in [0.29, 0.717) is 11.4 Å². The summed E-state index contributed by atoms with van der Waals surface area (Å²) in [5, 5.41) is 3.03. The maximum Gasteiger partial charge on any atom is 0.340 e. The average Bonchev–Trinajstić information content (AvgIpc) is 2.30. The zero-order valence-electron chi connectivity index (χ0n) is 10.4. The molecule has 98 valence electrons. The number of methoxy groups -OCH3 is 1. The van der Waals surface area contributed by atoms with Gasteiger partial charge in [0, 0.05) is 12.5 Å². The number of amides is 1. The third kappa shape index (κ3) is 3.38. The molecule has 0 saturated carbocycles. The molecule has 1 rings (SSSR count). The smallest absolute Gasteiger partial charge is 0.340 e. The maximum atomic E-state index is 11.4. The van der Waals surface area contributed by atoms with Crippen LogP contribution in [0.1, 0.15) is 23.7 Å². The highest BCUT2D eigenvalue weighted by atomic mass is 16.5. The van der Waals surface area contributed by atoms with Gasteiger partial charge in [-0.15, -0.1) is 0 Å². The predicted octanol–water partition coefficient (Wildman–Crippen LogP) is 0.731. The zero-order valence-corrected chi connectivity index (χ0v) is 10.4. The van der Waals surface area contributed by atoms with Crippen molar-refractivity contribution in [2.75, 3.05) is 18.2 Å². The van der Waals surface area contributed by atoms with Crippen molar-refractivity contribution in [1.82, 2.24) is 0 Å². The van der Waals surface area contributed by atoms with Gasteiger partial charge in [0.25, 0.3) is 0 Å². The van der Waals surface area contributed by atoms with Crippen LogP contribution in [0.25, 0.3) is 0 Å². The molecular weight excluding hydrogens is 234 g/mol. The number of para-hydroxylation sites is 1. The van der Waals surface area contributed by atoms with Crippen LogP contribution in [0.2, 0.25) is 0 Å². The number of hydrogen-bond donors (Lipinski definition) is 3. The first-order valence-corrected chi connectivity index (χ1v) is 5.47. The van der Waals surface area contributed by atoms with Crippen molar-refractivity contribution >= 4 is 23.3 Å². The summed E-state index contributed by atoms with van der Waals surface area (Å²) >= 11 is 0. The van der Waals surface area contributed by atoms with E-state index in [1.807, 2.05) is 0 Å². The molecule has 0 saturated heterocycles. The van der Waals surface area contributed by atoms with Crippen molar-refractivity contribution in [3.63, 3.8) is 0 Å². The molecular formula is C12H17N3O3. The van der Waals surface area contributed by atoms with E-state index in [0.717, 1.165) is 0 Å². The molecule has 5 N–H and O–H groups in total. The Bertz CT molecular complexity index is 460. The number of carbonyl (C=O) groups is 2. The molecule has 0 bridgehead atoms. The largest absolute Gasteiger partial charge is 0.465 e. The van der Waals surface area contributed by atoms with Crippen LogP contribution in [0, 0.1) is 0 Å². The number of benzene rings is 1. The van der Waals surface area contributed by atoms with Crippen molar-refractivity contribution in [2.24, 2.45) is 5.73 Å². The van der Waals surface area contributed by atoms with Crippen molar-refractivity contribution < 1.29 is 14.3 Å². The van der Waals surface area contributed by atoms with Crippen molar-refractivity contribution in [2.45, 2.75) is 19.4 Å². The number of ether oxygens (including phenoxy) is 1. The first kappa shape index (κ1) is 13.8.